The molecule has 4 nitrogen and oxygen atoms in total. The van der Waals surface area contributed by atoms with Crippen LogP contribution in [-0.2, 0) is 0 Å². The third-order valence-electron chi connectivity index (χ3n) is 1.34. The molecule has 2 rings (SSSR count). The molecule has 0 aromatic rings. The van der Waals surface area contributed by atoms with Gasteiger partial charge in [-0.25, -0.2) is 0 Å². The lowest BCUT2D eigenvalue weighted by Crippen LogP contribution is -1.90. The molecule has 0 radical (unpaired) electrons. The van der Waals surface area contributed by atoms with E-state index < -0.39 is 0 Å². The highest BCUT2D eigenvalue weighted by molar-refractivity contribution is 5.54. The molecule has 2 heterocycles. The first-order valence-corrected chi connectivity index (χ1v) is 2.91. The molecule has 0 aromatic heterocycles. The molecule has 0 spiro atoms. The normalized spacial score (nSPS) is 10.5. The van der Waals surface area contributed by atoms with Crippen LogP contribution in [0, 0.1) is 6.92 Å². The summed E-state index contributed by atoms with van der Waals surface area (Å²) in [5.74, 6) is 0.688. The molecule has 10 heavy (non-hydrogen) atoms. The summed E-state index contributed by atoms with van der Waals surface area (Å²) in [6.45, 7) is 1.85. The van der Waals surface area contributed by atoms with E-state index in [1.165, 1.54) is 0 Å². The van der Waals surface area contributed by atoms with Gasteiger partial charge >= 0.3 is 0 Å². The SMILES string of the molecule is Cc1nnoc2ccnc1-2. The number of hydrogen-bond acceptors (Lipinski definition) is 4. The lowest BCUT2D eigenvalue weighted by Gasteiger charge is -1.93. The van der Waals surface area contributed by atoms with Crippen LogP contribution in [0.25, 0.3) is 11.5 Å². The first-order chi connectivity index (χ1) is 4.88. The summed E-state index contributed by atoms with van der Waals surface area (Å²) in [7, 11) is 0. The highest BCUT2D eigenvalue weighted by atomic mass is 16.5. The Balaban J connectivity index is 2.80. The van der Waals surface area contributed by atoms with E-state index in [9.17, 15) is 0 Å². The minimum Gasteiger partial charge on any atom is -0.337 e. The van der Waals surface area contributed by atoms with Crippen molar-refractivity contribution in [3.63, 3.8) is 0 Å². The van der Waals surface area contributed by atoms with Crippen LogP contribution in [0.2, 0.25) is 0 Å². The van der Waals surface area contributed by atoms with Crippen molar-refractivity contribution in [2.45, 2.75) is 6.92 Å². The minimum atomic E-state index is 0.688. The summed E-state index contributed by atoms with van der Waals surface area (Å²) >= 11 is 0. The molecule has 0 saturated carbocycles. The number of hydrogen-bond donors (Lipinski definition) is 0. The number of fused-ring (bicyclic) bond motifs is 1. The molecular formula is C6H5N3O. The Kier molecular flexibility index (Phi) is 0.943. The van der Waals surface area contributed by atoms with Gasteiger partial charge in [-0.3, -0.25) is 4.98 Å². The summed E-state index contributed by atoms with van der Waals surface area (Å²) < 4.78 is 4.81. The van der Waals surface area contributed by atoms with E-state index in [0.717, 1.165) is 11.4 Å². The van der Waals surface area contributed by atoms with E-state index in [-0.39, 0.29) is 0 Å². The fourth-order valence-corrected chi connectivity index (χ4v) is 0.840. The molecule has 2 aliphatic rings. The summed E-state index contributed by atoms with van der Waals surface area (Å²) in [5, 5.41) is 7.12. The molecule has 0 amide bonds. The summed E-state index contributed by atoms with van der Waals surface area (Å²) in [6, 6.07) is 1.76. The molecule has 0 aromatic carbocycles. The highest BCUT2D eigenvalue weighted by Gasteiger charge is 2.09. The molecule has 0 fully saturated rings. The average molecular weight is 135 g/mol. The number of nitrogens with zero attached hydrogens (tertiary/aromatic N) is 3. The van der Waals surface area contributed by atoms with Gasteiger partial charge in [-0.2, -0.15) is 0 Å². The van der Waals surface area contributed by atoms with Crippen molar-refractivity contribution < 1.29 is 4.52 Å². The molecule has 2 aliphatic heterocycles. The molecule has 0 N–H and O–H groups in total. The monoisotopic (exact) mass is 135 g/mol. The third-order valence-corrected chi connectivity index (χ3v) is 1.34. The zero-order valence-electron chi connectivity index (χ0n) is 5.40. The topological polar surface area (TPSA) is 51.8 Å². The lowest BCUT2D eigenvalue weighted by atomic mass is 10.3. The largest absolute Gasteiger partial charge is 0.337 e. The first-order valence-electron chi connectivity index (χ1n) is 2.91. The van der Waals surface area contributed by atoms with Gasteiger partial charge in [0, 0.05) is 17.5 Å². The van der Waals surface area contributed by atoms with Crippen molar-refractivity contribution in [3.8, 4) is 11.5 Å². The van der Waals surface area contributed by atoms with Crippen molar-refractivity contribution in [1.29, 1.82) is 0 Å². The van der Waals surface area contributed by atoms with Crippen LogP contribution in [0.15, 0.2) is 16.8 Å². The van der Waals surface area contributed by atoms with E-state index in [0.29, 0.717) is 5.76 Å². The Bertz CT molecular complexity index is 317. The van der Waals surface area contributed by atoms with Gasteiger partial charge in [0.25, 0.3) is 0 Å². The van der Waals surface area contributed by atoms with E-state index >= 15 is 0 Å². The standard InChI is InChI=1S/C6H5N3O/c1-4-6-5(2-3-7-6)10-9-8-4/h2-3H,1H3. The van der Waals surface area contributed by atoms with E-state index in [2.05, 4.69) is 15.4 Å². The fraction of sp³-hybridized carbons (Fsp3) is 0.167. The molecule has 0 bridgehead atoms. The number of aromatic nitrogens is 3. The quantitative estimate of drug-likeness (QED) is 0.538. The van der Waals surface area contributed by atoms with Crippen molar-refractivity contribution in [3.05, 3.63) is 18.0 Å². The Hall–Kier alpha value is -1.45. The summed E-state index contributed by atoms with van der Waals surface area (Å²) in [6.07, 6.45) is 1.67. The second-order valence-electron chi connectivity index (χ2n) is 2.02. The average Bonchev–Trinajstić information content (AvgIpc) is 2.36. The number of aryl methyl sites for hydroxylation is 1. The van der Waals surface area contributed by atoms with Crippen molar-refractivity contribution in [2.24, 2.45) is 0 Å². The van der Waals surface area contributed by atoms with Crippen LogP contribution in [0.1, 0.15) is 5.69 Å². The minimum absolute atomic E-state index is 0.688. The van der Waals surface area contributed by atoms with Crippen LogP contribution in [0.4, 0.5) is 0 Å². The molecule has 50 valence electrons. The zero-order valence-corrected chi connectivity index (χ0v) is 5.40. The van der Waals surface area contributed by atoms with Gasteiger partial charge in [0.15, 0.2) is 5.76 Å². The maximum Gasteiger partial charge on any atom is 0.188 e. The summed E-state index contributed by atoms with van der Waals surface area (Å²) in [4.78, 5) is 4.02. The van der Waals surface area contributed by atoms with Crippen molar-refractivity contribution in [2.75, 3.05) is 0 Å². The van der Waals surface area contributed by atoms with Crippen LogP contribution < -0.4 is 0 Å². The van der Waals surface area contributed by atoms with Gasteiger partial charge in [-0.1, -0.05) is 0 Å². The summed E-state index contributed by atoms with van der Waals surface area (Å²) in [5.41, 5.74) is 1.58. The van der Waals surface area contributed by atoms with Crippen LogP contribution in [0.5, 0.6) is 0 Å². The van der Waals surface area contributed by atoms with Crippen LogP contribution in [0.3, 0.4) is 0 Å². The van der Waals surface area contributed by atoms with Gasteiger partial charge < -0.3 is 4.52 Å². The maximum absolute atomic E-state index is 4.81. The first kappa shape index (κ1) is 5.34. The van der Waals surface area contributed by atoms with Crippen LogP contribution >= 0.6 is 0 Å². The molecule has 4 heteroatoms. The van der Waals surface area contributed by atoms with Crippen molar-refractivity contribution >= 4 is 0 Å². The van der Waals surface area contributed by atoms with E-state index in [1.54, 1.807) is 12.3 Å². The maximum atomic E-state index is 4.81. The lowest BCUT2D eigenvalue weighted by molar-refractivity contribution is 0.368. The second-order valence-corrected chi connectivity index (χ2v) is 2.02. The predicted molar refractivity (Wildman–Crippen MR) is 33.5 cm³/mol. The van der Waals surface area contributed by atoms with Crippen molar-refractivity contribution in [1.82, 2.24) is 15.4 Å². The molecule has 0 unspecified atom stereocenters. The fourth-order valence-electron chi connectivity index (χ4n) is 0.840. The van der Waals surface area contributed by atoms with Gasteiger partial charge in [0.1, 0.15) is 5.69 Å². The predicted octanol–water partition coefficient (Wildman–Crippen LogP) is 0.878. The number of rotatable bonds is 0. The van der Waals surface area contributed by atoms with Gasteiger partial charge in [-0.15, -0.1) is 5.10 Å². The van der Waals surface area contributed by atoms with Crippen LogP contribution in [-0.4, -0.2) is 15.4 Å². The Morgan fingerprint density at radius 3 is 3.20 bits per heavy atom. The smallest absolute Gasteiger partial charge is 0.188 e. The zero-order chi connectivity index (χ0) is 6.97. The highest BCUT2D eigenvalue weighted by Crippen LogP contribution is 2.19. The molecular weight excluding hydrogens is 130 g/mol. The van der Waals surface area contributed by atoms with Gasteiger partial charge in [0.05, 0.1) is 5.69 Å². The van der Waals surface area contributed by atoms with E-state index in [1.807, 2.05) is 6.92 Å². The molecule has 0 aliphatic carbocycles. The van der Waals surface area contributed by atoms with Gasteiger partial charge in [0.2, 0.25) is 0 Å². The molecule has 0 atom stereocenters. The Labute approximate surface area is 57.2 Å². The second kappa shape index (κ2) is 1.76. The third kappa shape index (κ3) is 0.586. The van der Waals surface area contributed by atoms with Gasteiger partial charge in [-0.05, 0) is 6.92 Å². The Morgan fingerprint density at radius 1 is 1.50 bits per heavy atom. The Morgan fingerprint density at radius 2 is 2.40 bits per heavy atom. The van der Waals surface area contributed by atoms with E-state index in [4.69, 9.17) is 4.52 Å². The molecule has 0 saturated heterocycles.